The molecule has 0 saturated heterocycles. The van der Waals surface area contributed by atoms with Gasteiger partial charge in [0.2, 0.25) is 0 Å². The molecular weight excluding hydrogens is 210 g/mol. The monoisotopic (exact) mass is 231 g/mol. The quantitative estimate of drug-likeness (QED) is 0.812. The SMILES string of the molecule is COc1cccc(CNC(C2CC2)C2CC2)c1. The van der Waals surface area contributed by atoms with E-state index >= 15 is 0 Å². The molecule has 0 atom stereocenters. The van der Waals surface area contributed by atoms with Crippen LogP contribution in [-0.4, -0.2) is 13.2 Å². The Morgan fingerprint density at radius 1 is 1.24 bits per heavy atom. The summed E-state index contributed by atoms with van der Waals surface area (Å²) in [5.74, 6) is 2.89. The standard InChI is InChI=1S/C15H21NO/c1-17-14-4-2-3-11(9-14)10-16-15(12-5-6-12)13-7-8-13/h2-4,9,12-13,15-16H,5-8,10H2,1H3. The van der Waals surface area contributed by atoms with Gasteiger partial charge in [-0.15, -0.1) is 0 Å². The highest BCUT2D eigenvalue weighted by atomic mass is 16.5. The highest BCUT2D eigenvalue weighted by molar-refractivity contribution is 5.28. The van der Waals surface area contributed by atoms with E-state index in [0.717, 1.165) is 30.2 Å². The molecule has 3 rings (SSSR count). The summed E-state index contributed by atoms with van der Waals surface area (Å²) in [6.45, 7) is 0.981. The third kappa shape index (κ3) is 2.81. The lowest BCUT2D eigenvalue weighted by Crippen LogP contribution is -2.32. The Labute approximate surface area is 103 Å². The van der Waals surface area contributed by atoms with Crippen LogP contribution < -0.4 is 10.1 Å². The van der Waals surface area contributed by atoms with Crippen LogP contribution >= 0.6 is 0 Å². The van der Waals surface area contributed by atoms with Gasteiger partial charge in [-0.2, -0.15) is 0 Å². The summed E-state index contributed by atoms with van der Waals surface area (Å²) in [7, 11) is 1.73. The lowest BCUT2D eigenvalue weighted by atomic mass is 10.1. The zero-order valence-electron chi connectivity index (χ0n) is 10.5. The smallest absolute Gasteiger partial charge is 0.119 e. The molecule has 0 spiro atoms. The van der Waals surface area contributed by atoms with Crippen molar-refractivity contribution in [1.82, 2.24) is 5.32 Å². The van der Waals surface area contributed by atoms with E-state index in [1.54, 1.807) is 7.11 Å². The van der Waals surface area contributed by atoms with E-state index in [9.17, 15) is 0 Å². The lowest BCUT2D eigenvalue weighted by Gasteiger charge is -2.17. The summed E-state index contributed by atoms with van der Waals surface area (Å²) in [6.07, 6.45) is 5.75. The molecule has 1 N–H and O–H groups in total. The minimum Gasteiger partial charge on any atom is -0.497 e. The van der Waals surface area contributed by atoms with Crippen molar-refractivity contribution in [3.63, 3.8) is 0 Å². The van der Waals surface area contributed by atoms with E-state index < -0.39 is 0 Å². The van der Waals surface area contributed by atoms with Crippen molar-refractivity contribution in [3.8, 4) is 5.75 Å². The first-order valence-corrected chi connectivity index (χ1v) is 6.73. The Bertz CT molecular complexity index is 370. The van der Waals surface area contributed by atoms with E-state index in [-0.39, 0.29) is 0 Å². The van der Waals surface area contributed by atoms with Crippen molar-refractivity contribution >= 4 is 0 Å². The molecule has 0 radical (unpaired) electrons. The van der Waals surface area contributed by atoms with E-state index in [0.29, 0.717) is 0 Å². The van der Waals surface area contributed by atoms with Crippen molar-refractivity contribution in [2.24, 2.45) is 11.8 Å². The third-order valence-corrected chi connectivity index (χ3v) is 3.94. The molecular formula is C15H21NO. The number of hydrogen-bond donors (Lipinski definition) is 1. The first kappa shape index (κ1) is 11.1. The molecule has 0 aromatic heterocycles. The predicted octanol–water partition coefficient (Wildman–Crippen LogP) is 2.97. The second kappa shape index (κ2) is 4.69. The van der Waals surface area contributed by atoms with Crippen LogP contribution in [0, 0.1) is 11.8 Å². The molecule has 1 aromatic rings. The Hall–Kier alpha value is -1.02. The van der Waals surface area contributed by atoms with Crippen LogP contribution in [0.5, 0.6) is 5.75 Å². The first-order valence-electron chi connectivity index (χ1n) is 6.73. The molecule has 0 bridgehead atoms. The van der Waals surface area contributed by atoms with Gasteiger partial charge >= 0.3 is 0 Å². The van der Waals surface area contributed by atoms with Gasteiger partial charge in [-0.25, -0.2) is 0 Å². The van der Waals surface area contributed by atoms with E-state index in [1.165, 1.54) is 31.2 Å². The van der Waals surface area contributed by atoms with Crippen LogP contribution in [0.4, 0.5) is 0 Å². The number of benzene rings is 1. The summed E-state index contributed by atoms with van der Waals surface area (Å²) >= 11 is 0. The molecule has 92 valence electrons. The molecule has 2 saturated carbocycles. The van der Waals surface area contributed by atoms with Crippen LogP contribution in [0.25, 0.3) is 0 Å². The molecule has 2 fully saturated rings. The highest BCUT2D eigenvalue weighted by Gasteiger charge is 2.40. The van der Waals surface area contributed by atoms with Crippen LogP contribution in [0.1, 0.15) is 31.2 Å². The Kier molecular flexibility index (Phi) is 3.06. The molecule has 2 nitrogen and oxygen atoms in total. The fourth-order valence-corrected chi connectivity index (χ4v) is 2.65. The molecule has 0 heterocycles. The van der Waals surface area contributed by atoms with E-state index in [1.807, 2.05) is 6.07 Å². The molecule has 2 aliphatic carbocycles. The van der Waals surface area contributed by atoms with Gasteiger partial charge in [0, 0.05) is 12.6 Å². The number of nitrogens with one attached hydrogen (secondary N) is 1. The Balaban J connectivity index is 1.58. The Morgan fingerprint density at radius 3 is 2.53 bits per heavy atom. The van der Waals surface area contributed by atoms with Crippen LogP contribution in [0.3, 0.4) is 0 Å². The molecule has 2 heteroatoms. The van der Waals surface area contributed by atoms with E-state index in [2.05, 4.69) is 23.5 Å². The third-order valence-electron chi connectivity index (χ3n) is 3.94. The maximum Gasteiger partial charge on any atom is 0.119 e. The predicted molar refractivity (Wildman–Crippen MR) is 69.1 cm³/mol. The van der Waals surface area contributed by atoms with Gasteiger partial charge in [-0.1, -0.05) is 12.1 Å². The van der Waals surface area contributed by atoms with Crippen molar-refractivity contribution < 1.29 is 4.74 Å². The van der Waals surface area contributed by atoms with Crippen molar-refractivity contribution in [3.05, 3.63) is 29.8 Å². The van der Waals surface area contributed by atoms with Crippen molar-refractivity contribution in [2.45, 2.75) is 38.3 Å². The fraction of sp³-hybridized carbons (Fsp3) is 0.600. The fourth-order valence-electron chi connectivity index (χ4n) is 2.65. The van der Waals surface area contributed by atoms with Gasteiger partial charge < -0.3 is 10.1 Å². The minimum atomic E-state index is 0.779. The number of rotatable bonds is 6. The topological polar surface area (TPSA) is 21.3 Å². The number of ether oxygens (including phenoxy) is 1. The molecule has 0 amide bonds. The van der Waals surface area contributed by atoms with Gasteiger partial charge in [0.1, 0.15) is 5.75 Å². The average Bonchev–Trinajstić information content (AvgIpc) is 3.22. The summed E-state index contributed by atoms with van der Waals surface area (Å²) in [5, 5.41) is 3.76. The summed E-state index contributed by atoms with van der Waals surface area (Å²) < 4.78 is 5.25. The molecule has 17 heavy (non-hydrogen) atoms. The average molecular weight is 231 g/mol. The van der Waals surface area contributed by atoms with Gasteiger partial charge in [-0.05, 0) is 55.2 Å². The number of hydrogen-bond acceptors (Lipinski definition) is 2. The van der Waals surface area contributed by atoms with Crippen molar-refractivity contribution in [1.29, 1.82) is 0 Å². The normalized spacial score (nSPS) is 19.6. The summed E-state index contributed by atoms with van der Waals surface area (Å²) in [6, 6.07) is 9.15. The zero-order valence-corrected chi connectivity index (χ0v) is 10.5. The molecule has 1 aromatic carbocycles. The molecule has 0 unspecified atom stereocenters. The van der Waals surface area contributed by atoms with Gasteiger partial charge in [0.05, 0.1) is 7.11 Å². The second-order valence-electron chi connectivity index (χ2n) is 5.43. The van der Waals surface area contributed by atoms with E-state index in [4.69, 9.17) is 4.74 Å². The van der Waals surface area contributed by atoms with Crippen molar-refractivity contribution in [2.75, 3.05) is 7.11 Å². The maximum atomic E-state index is 5.25. The number of methoxy groups -OCH3 is 1. The zero-order chi connectivity index (χ0) is 11.7. The lowest BCUT2D eigenvalue weighted by molar-refractivity contribution is 0.407. The largest absolute Gasteiger partial charge is 0.497 e. The Morgan fingerprint density at radius 2 is 1.94 bits per heavy atom. The highest BCUT2D eigenvalue weighted by Crippen LogP contribution is 2.44. The van der Waals surface area contributed by atoms with Crippen LogP contribution in [0.2, 0.25) is 0 Å². The van der Waals surface area contributed by atoms with Gasteiger partial charge in [0.15, 0.2) is 0 Å². The maximum absolute atomic E-state index is 5.25. The van der Waals surface area contributed by atoms with Gasteiger partial charge in [-0.3, -0.25) is 0 Å². The van der Waals surface area contributed by atoms with Crippen LogP contribution in [0.15, 0.2) is 24.3 Å². The molecule has 2 aliphatic rings. The summed E-state index contributed by atoms with van der Waals surface area (Å²) in [4.78, 5) is 0. The molecule has 0 aliphatic heterocycles. The summed E-state index contributed by atoms with van der Waals surface area (Å²) in [5.41, 5.74) is 1.33. The second-order valence-corrected chi connectivity index (χ2v) is 5.43. The minimum absolute atomic E-state index is 0.779. The first-order chi connectivity index (χ1) is 8.36. The van der Waals surface area contributed by atoms with Gasteiger partial charge in [0.25, 0.3) is 0 Å². The van der Waals surface area contributed by atoms with Crippen LogP contribution in [-0.2, 0) is 6.54 Å².